The van der Waals surface area contributed by atoms with E-state index in [0.717, 1.165) is 0 Å². The van der Waals surface area contributed by atoms with Crippen molar-refractivity contribution in [2.24, 2.45) is 0 Å². The lowest BCUT2D eigenvalue weighted by atomic mass is 9.75. The van der Waals surface area contributed by atoms with Gasteiger partial charge in [-0.15, -0.1) is 0 Å². The smallest absolute Gasteiger partial charge is 0.0294 e. The Bertz CT molecular complexity index is 561. The summed E-state index contributed by atoms with van der Waals surface area (Å²) in [5, 5.41) is 3.74. The fourth-order valence-electron chi connectivity index (χ4n) is 2.98. The predicted octanol–water partition coefficient (Wildman–Crippen LogP) is 5.05. The van der Waals surface area contributed by atoms with E-state index in [1.54, 1.807) is 0 Å². The first-order valence-corrected chi connectivity index (χ1v) is 8.08. The lowest BCUT2D eigenvalue weighted by molar-refractivity contribution is 0.271. The molecule has 0 radical (unpaired) electrons. The highest BCUT2D eigenvalue weighted by Gasteiger charge is 2.31. The Hall–Kier alpha value is -1.12. The molecule has 104 valence electrons. The molecule has 1 aliphatic carbocycles. The standard InChI is InChI=1S/C18H20BrN/c1-13(14-6-3-2-4-7-14)20-18-11-16(12-18)15-8-5-9-17(19)10-15/h2-10,13,16,18,20H,11-12H2,1H3/t13-,16?,18?/m0/s1. The number of hydrogen-bond donors (Lipinski definition) is 1. The zero-order chi connectivity index (χ0) is 13.9. The Balaban J connectivity index is 1.54. The number of nitrogens with one attached hydrogen (secondary N) is 1. The molecular formula is C18H20BrN. The van der Waals surface area contributed by atoms with E-state index in [2.05, 4.69) is 82.8 Å². The van der Waals surface area contributed by atoms with Crippen LogP contribution in [0.2, 0.25) is 0 Å². The van der Waals surface area contributed by atoms with Crippen LogP contribution in [-0.4, -0.2) is 6.04 Å². The third-order valence-electron chi connectivity index (χ3n) is 4.24. The fraction of sp³-hybridized carbons (Fsp3) is 0.333. The Morgan fingerprint density at radius 1 is 1.05 bits per heavy atom. The second-order valence-corrected chi connectivity index (χ2v) is 6.63. The summed E-state index contributed by atoms with van der Waals surface area (Å²) in [5.41, 5.74) is 2.84. The minimum absolute atomic E-state index is 0.435. The normalized spacial score (nSPS) is 23.1. The maximum absolute atomic E-state index is 3.74. The van der Waals surface area contributed by atoms with E-state index in [-0.39, 0.29) is 0 Å². The van der Waals surface area contributed by atoms with Gasteiger partial charge in [0.05, 0.1) is 0 Å². The summed E-state index contributed by atoms with van der Waals surface area (Å²) < 4.78 is 1.18. The van der Waals surface area contributed by atoms with Crippen LogP contribution < -0.4 is 5.32 Å². The van der Waals surface area contributed by atoms with Gasteiger partial charge in [-0.1, -0.05) is 58.4 Å². The Labute approximate surface area is 129 Å². The molecule has 1 saturated carbocycles. The molecule has 2 aromatic rings. The van der Waals surface area contributed by atoms with Crippen LogP contribution in [0.4, 0.5) is 0 Å². The molecule has 0 heterocycles. The van der Waals surface area contributed by atoms with E-state index in [4.69, 9.17) is 0 Å². The Kier molecular flexibility index (Phi) is 4.23. The molecule has 0 bridgehead atoms. The van der Waals surface area contributed by atoms with Crippen molar-refractivity contribution in [3.05, 3.63) is 70.2 Å². The Morgan fingerprint density at radius 3 is 2.50 bits per heavy atom. The van der Waals surface area contributed by atoms with E-state index in [1.807, 2.05) is 0 Å². The van der Waals surface area contributed by atoms with Crippen molar-refractivity contribution >= 4 is 15.9 Å². The topological polar surface area (TPSA) is 12.0 Å². The molecule has 2 aromatic carbocycles. The average Bonchev–Trinajstić information content (AvgIpc) is 2.43. The van der Waals surface area contributed by atoms with Crippen LogP contribution >= 0.6 is 15.9 Å². The maximum atomic E-state index is 3.74. The monoisotopic (exact) mass is 329 g/mol. The van der Waals surface area contributed by atoms with E-state index in [9.17, 15) is 0 Å². The molecule has 1 fully saturated rings. The van der Waals surface area contributed by atoms with Gasteiger partial charge >= 0.3 is 0 Å². The first kappa shape index (κ1) is 13.8. The first-order valence-electron chi connectivity index (χ1n) is 7.29. The van der Waals surface area contributed by atoms with Gasteiger partial charge in [0.15, 0.2) is 0 Å². The molecule has 2 heteroatoms. The molecule has 0 aromatic heterocycles. The van der Waals surface area contributed by atoms with Crippen molar-refractivity contribution in [3.8, 4) is 0 Å². The first-order chi connectivity index (χ1) is 9.72. The van der Waals surface area contributed by atoms with E-state index < -0.39 is 0 Å². The summed E-state index contributed by atoms with van der Waals surface area (Å²) in [7, 11) is 0. The van der Waals surface area contributed by atoms with Gasteiger partial charge in [0, 0.05) is 16.6 Å². The quantitative estimate of drug-likeness (QED) is 0.827. The van der Waals surface area contributed by atoms with Gasteiger partial charge in [-0.3, -0.25) is 0 Å². The molecule has 1 aliphatic rings. The number of hydrogen-bond acceptors (Lipinski definition) is 1. The molecule has 0 aliphatic heterocycles. The SMILES string of the molecule is C[C@H](NC1CC(c2cccc(Br)c2)C1)c1ccccc1. The largest absolute Gasteiger partial charge is 0.307 e. The molecule has 0 saturated heterocycles. The van der Waals surface area contributed by atoms with Crippen LogP contribution in [0.3, 0.4) is 0 Å². The molecule has 3 rings (SSSR count). The lowest BCUT2D eigenvalue weighted by Crippen LogP contribution is -2.41. The van der Waals surface area contributed by atoms with E-state index in [1.165, 1.54) is 28.4 Å². The highest BCUT2D eigenvalue weighted by molar-refractivity contribution is 9.10. The number of rotatable bonds is 4. The molecule has 0 amide bonds. The zero-order valence-electron chi connectivity index (χ0n) is 11.7. The highest BCUT2D eigenvalue weighted by atomic mass is 79.9. The van der Waals surface area contributed by atoms with Gasteiger partial charge < -0.3 is 5.32 Å². The lowest BCUT2D eigenvalue weighted by Gasteiger charge is -2.38. The molecule has 1 N–H and O–H groups in total. The molecular weight excluding hydrogens is 310 g/mol. The van der Waals surface area contributed by atoms with Crippen molar-refractivity contribution in [1.82, 2.24) is 5.32 Å². The van der Waals surface area contributed by atoms with Gasteiger partial charge in [-0.25, -0.2) is 0 Å². The maximum Gasteiger partial charge on any atom is 0.0294 e. The van der Waals surface area contributed by atoms with Crippen molar-refractivity contribution in [1.29, 1.82) is 0 Å². The van der Waals surface area contributed by atoms with Crippen LogP contribution in [0.1, 0.15) is 42.9 Å². The summed E-state index contributed by atoms with van der Waals surface area (Å²) in [5.74, 6) is 0.716. The van der Waals surface area contributed by atoms with Gasteiger partial charge in [0.25, 0.3) is 0 Å². The third kappa shape index (κ3) is 3.13. The molecule has 1 nitrogen and oxygen atoms in total. The van der Waals surface area contributed by atoms with Gasteiger partial charge in [0.2, 0.25) is 0 Å². The minimum atomic E-state index is 0.435. The van der Waals surface area contributed by atoms with E-state index >= 15 is 0 Å². The summed E-state index contributed by atoms with van der Waals surface area (Å²) >= 11 is 3.55. The van der Waals surface area contributed by atoms with E-state index in [0.29, 0.717) is 18.0 Å². The summed E-state index contributed by atoms with van der Waals surface area (Å²) in [4.78, 5) is 0. The summed E-state index contributed by atoms with van der Waals surface area (Å²) in [6, 6.07) is 20.5. The number of halogens is 1. The van der Waals surface area contributed by atoms with Crippen LogP contribution in [0, 0.1) is 0 Å². The average molecular weight is 330 g/mol. The molecule has 1 atom stereocenters. The van der Waals surface area contributed by atoms with Crippen molar-refractivity contribution < 1.29 is 0 Å². The van der Waals surface area contributed by atoms with Crippen LogP contribution in [0.15, 0.2) is 59.1 Å². The van der Waals surface area contributed by atoms with Crippen molar-refractivity contribution in [2.45, 2.75) is 37.8 Å². The van der Waals surface area contributed by atoms with Gasteiger partial charge in [-0.2, -0.15) is 0 Å². The summed E-state index contributed by atoms with van der Waals surface area (Å²) in [6.07, 6.45) is 2.49. The Morgan fingerprint density at radius 2 is 1.80 bits per heavy atom. The molecule has 0 spiro atoms. The molecule has 0 unspecified atom stereocenters. The van der Waals surface area contributed by atoms with Crippen LogP contribution in [0.25, 0.3) is 0 Å². The fourth-order valence-corrected chi connectivity index (χ4v) is 3.40. The van der Waals surface area contributed by atoms with Crippen LogP contribution in [-0.2, 0) is 0 Å². The third-order valence-corrected chi connectivity index (χ3v) is 4.74. The molecule has 20 heavy (non-hydrogen) atoms. The van der Waals surface area contributed by atoms with Gasteiger partial charge in [0.1, 0.15) is 0 Å². The van der Waals surface area contributed by atoms with Gasteiger partial charge in [-0.05, 0) is 48.9 Å². The second-order valence-electron chi connectivity index (χ2n) is 5.72. The minimum Gasteiger partial charge on any atom is -0.307 e. The highest BCUT2D eigenvalue weighted by Crippen LogP contribution is 2.38. The summed E-state index contributed by atoms with van der Waals surface area (Å²) in [6.45, 7) is 2.25. The predicted molar refractivity (Wildman–Crippen MR) is 87.9 cm³/mol. The van der Waals surface area contributed by atoms with Crippen LogP contribution in [0.5, 0.6) is 0 Å². The zero-order valence-corrected chi connectivity index (χ0v) is 13.3. The second kappa shape index (κ2) is 6.11. The van der Waals surface area contributed by atoms with Crippen molar-refractivity contribution in [3.63, 3.8) is 0 Å². The number of benzene rings is 2. The van der Waals surface area contributed by atoms with Crippen molar-refractivity contribution in [2.75, 3.05) is 0 Å².